The van der Waals surface area contributed by atoms with Crippen LogP contribution in [0.1, 0.15) is 24.8 Å². The average molecular weight is 250 g/mol. The summed E-state index contributed by atoms with van der Waals surface area (Å²) < 4.78 is 5.16. The van der Waals surface area contributed by atoms with Crippen LogP contribution in [0.3, 0.4) is 0 Å². The molecule has 0 saturated carbocycles. The third-order valence-corrected chi connectivity index (χ3v) is 2.82. The van der Waals surface area contributed by atoms with Crippen LogP contribution in [0, 0.1) is 0 Å². The highest BCUT2D eigenvalue weighted by Crippen LogP contribution is 2.14. The maximum atomic E-state index is 11.8. The number of amides is 1. The second kappa shape index (κ2) is 7.71. The largest absolute Gasteiger partial charge is 0.497 e. The molecule has 100 valence electrons. The second-order valence-electron chi connectivity index (χ2n) is 4.35. The van der Waals surface area contributed by atoms with Gasteiger partial charge in [-0.05, 0) is 37.1 Å². The van der Waals surface area contributed by atoms with Crippen molar-refractivity contribution in [3.63, 3.8) is 0 Å². The Morgan fingerprint density at radius 2 is 2.17 bits per heavy atom. The fourth-order valence-electron chi connectivity index (χ4n) is 1.74. The van der Waals surface area contributed by atoms with E-state index in [1.165, 1.54) is 0 Å². The highest BCUT2D eigenvalue weighted by Gasteiger charge is 2.08. The van der Waals surface area contributed by atoms with Crippen molar-refractivity contribution in [1.29, 1.82) is 0 Å². The number of ether oxygens (including phenoxy) is 1. The van der Waals surface area contributed by atoms with Gasteiger partial charge in [0.05, 0.1) is 7.11 Å². The Bertz CT molecular complexity index is 380. The molecule has 1 aromatic carbocycles. The molecule has 4 nitrogen and oxygen atoms in total. The normalized spacial score (nSPS) is 10.2. The highest BCUT2D eigenvalue weighted by atomic mass is 16.5. The van der Waals surface area contributed by atoms with Crippen molar-refractivity contribution >= 4 is 5.91 Å². The summed E-state index contributed by atoms with van der Waals surface area (Å²) in [6.07, 6.45) is 2.33. The van der Waals surface area contributed by atoms with Crippen LogP contribution in [0.25, 0.3) is 0 Å². The number of hydrogen-bond donors (Lipinski definition) is 1. The highest BCUT2D eigenvalue weighted by molar-refractivity contribution is 5.75. The number of carbonyl (C=O) groups is 1. The quantitative estimate of drug-likeness (QED) is 0.750. The van der Waals surface area contributed by atoms with Crippen molar-refractivity contribution < 1.29 is 9.53 Å². The zero-order chi connectivity index (χ0) is 13.4. The maximum absolute atomic E-state index is 11.8. The van der Waals surface area contributed by atoms with Crippen LogP contribution in [-0.4, -0.2) is 31.5 Å². The first-order valence-electron chi connectivity index (χ1n) is 6.24. The summed E-state index contributed by atoms with van der Waals surface area (Å²) in [6, 6.07) is 7.77. The van der Waals surface area contributed by atoms with Crippen molar-refractivity contribution in [1.82, 2.24) is 4.90 Å². The Kier molecular flexibility index (Phi) is 6.22. The molecule has 4 heteroatoms. The van der Waals surface area contributed by atoms with E-state index in [0.717, 1.165) is 24.2 Å². The summed E-state index contributed by atoms with van der Waals surface area (Å²) in [7, 11) is 3.46. The molecule has 0 saturated heterocycles. The number of nitrogens with zero attached hydrogens (tertiary/aromatic N) is 1. The first-order valence-corrected chi connectivity index (χ1v) is 6.24. The molecule has 0 aliphatic heterocycles. The molecule has 2 N–H and O–H groups in total. The van der Waals surface area contributed by atoms with Gasteiger partial charge in [0.1, 0.15) is 5.75 Å². The van der Waals surface area contributed by atoms with Crippen molar-refractivity contribution in [2.75, 3.05) is 20.7 Å². The van der Waals surface area contributed by atoms with E-state index in [-0.39, 0.29) is 5.91 Å². The molecule has 0 atom stereocenters. The van der Waals surface area contributed by atoms with E-state index >= 15 is 0 Å². The minimum Gasteiger partial charge on any atom is -0.497 e. The number of nitrogens with two attached hydrogens (primary N) is 1. The fraction of sp³-hybridized carbons (Fsp3) is 0.500. The van der Waals surface area contributed by atoms with Crippen LogP contribution >= 0.6 is 0 Å². The molecule has 0 fully saturated rings. The average Bonchev–Trinajstić information content (AvgIpc) is 2.39. The van der Waals surface area contributed by atoms with Crippen LogP contribution in [0.2, 0.25) is 0 Å². The van der Waals surface area contributed by atoms with E-state index < -0.39 is 0 Å². The van der Waals surface area contributed by atoms with Gasteiger partial charge in [0.15, 0.2) is 0 Å². The van der Waals surface area contributed by atoms with Gasteiger partial charge in [-0.15, -0.1) is 0 Å². The molecule has 18 heavy (non-hydrogen) atoms. The first-order chi connectivity index (χ1) is 8.67. The molecule has 0 aromatic heterocycles. The zero-order valence-electron chi connectivity index (χ0n) is 11.2. The van der Waals surface area contributed by atoms with Gasteiger partial charge in [-0.1, -0.05) is 12.1 Å². The van der Waals surface area contributed by atoms with Gasteiger partial charge in [-0.25, -0.2) is 0 Å². The van der Waals surface area contributed by atoms with Crippen LogP contribution in [0.4, 0.5) is 0 Å². The van der Waals surface area contributed by atoms with Gasteiger partial charge in [-0.3, -0.25) is 4.79 Å². The minimum absolute atomic E-state index is 0.159. The lowest BCUT2D eigenvalue weighted by molar-refractivity contribution is -0.130. The second-order valence-corrected chi connectivity index (χ2v) is 4.35. The number of methoxy groups -OCH3 is 1. The predicted octanol–water partition coefficient (Wildman–Crippen LogP) is 1.78. The molecule has 0 radical (unpaired) electrons. The third-order valence-electron chi connectivity index (χ3n) is 2.82. The summed E-state index contributed by atoms with van der Waals surface area (Å²) >= 11 is 0. The Balaban J connectivity index is 2.47. The molecule has 0 bridgehead atoms. The molecule has 0 aliphatic rings. The first kappa shape index (κ1) is 14.5. The van der Waals surface area contributed by atoms with E-state index in [9.17, 15) is 4.79 Å². The van der Waals surface area contributed by atoms with E-state index in [0.29, 0.717) is 19.5 Å². The Hall–Kier alpha value is -1.55. The topological polar surface area (TPSA) is 55.6 Å². The number of unbranched alkanes of at least 4 members (excludes halogenated alkanes) is 1. The standard InChI is InChI=1S/C14H22N2O2/c1-16(14(17)8-3-4-9-15)11-12-6-5-7-13(10-12)18-2/h5-7,10H,3-4,8-9,11,15H2,1-2H3. The summed E-state index contributed by atoms with van der Waals surface area (Å²) in [4.78, 5) is 13.6. The van der Waals surface area contributed by atoms with E-state index in [2.05, 4.69) is 0 Å². The van der Waals surface area contributed by atoms with Crippen LogP contribution in [-0.2, 0) is 11.3 Å². The number of carbonyl (C=O) groups excluding carboxylic acids is 1. The zero-order valence-corrected chi connectivity index (χ0v) is 11.2. The van der Waals surface area contributed by atoms with Crippen LogP contribution in [0.15, 0.2) is 24.3 Å². The van der Waals surface area contributed by atoms with Crippen LogP contribution < -0.4 is 10.5 Å². The molecule has 0 aliphatic carbocycles. The summed E-state index contributed by atoms with van der Waals surface area (Å²) in [5.74, 6) is 0.975. The Labute approximate surface area is 109 Å². The smallest absolute Gasteiger partial charge is 0.222 e. The summed E-state index contributed by atoms with van der Waals surface area (Å²) in [6.45, 7) is 1.26. The Morgan fingerprint density at radius 1 is 1.39 bits per heavy atom. The van der Waals surface area contributed by atoms with Gasteiger partial charge < -0.3 is 15.4 Å². The Morgan fingerprint density at radius 3 is 2.83 bits per heavy atom. The van der Waals surface area contributed by atoms with E-state index in [1.54, 1.807) is 12.0 Å². The van der Waals surface area contributed by atoms with Crippen molar-refractivity contribution in [2.24, 2.45) is 5.73 Å². The summed E-state index contributed by atoms with van der Waals surface area (Å²) in [5.41, 5.74) is 6.48. The van der Waals surface area contributed by atoms with E-state index in [4.69, 9.17) is 10.5 Å². The summed E-state index contributed by atoms with van der Waals surface area (Å²) in [5, 5.41) is 0. The molecule has 0 unspecified atom stereocenters. The maximum Gasteiger partial charge on any atom is 0.222 e. The lowest BCUT2D eigenvalue weighted by atomic mass is 10.2. The molecule has 1 rings (SSSR count). The van der Waals surface area contributed by atoms with Gasteiger partial charge in [0.25, 0.3) is 0 Å². The SMILES string of the molecule is COc1cccc(CN(C)C(=O)CCCCN)c1. The van der Waals surface area contributed by atoms with E-state index in [1.807, 2.05) is 31.3 Å². The van der Waals surface area contributed by atoms with Crippen molar-refractivity contribution in [2.45, 2.75) is 25.8 Å². The van der Waals surface area contributed by atoms with Gasteiger partial charge in [-0.2, -0.15) is 0 Å². The number of hydrogen-bond acceptors (Lipinski definition) is 3. The molecule has 0 spiro atoms. The van der Waals surface area contributed by atoms with Gasteiger partial charge in [0.2, 0.25) is 5.91 Å². The van der Waals surface area contributed by atoms with Crippen molar-refractivity contribution in [3.05, 3.63) is 29.8 Å². The minimum atomic E-state index is 0.159. The monoisotopic (exact) mass is 250 g/mol. The molecule has 0 heterocycles. The van der Waals surface area contributed by atoms with Crippen molar-refractivity contribution in [3.8, 4) is 5.75 Å². The lowest BCUT2D eigenvalue weighted by Gasteiger charge is -2.17. The van der Waals surface area contributed by atoms with Gasteiger partial charge >= 0.3 is 0 Å². The third kappa shape index (κ3) is 4.75. The van der Waals surface area contributed by atoms with Crippen LogP contribution in [0.5, 0.6) is 5.75 Å². The fourth-order valence-corrected chi connectivity index (χ4v) is 1.74. The number of benzene rings is 1. The van der Waals surface area contributed by atoms with Gasteiger partial charge in [0, 0.05) is 20.0 Å². The number of rotatable bonds is 7. The molecule has 1 amide bonds. The molecular weight excluding hydrogens is 228 g/mol. The predicted molar refractivity (Wildman–Crippen MR) is 72.4 cm³/mol. The lowest BCUT2D eigenvalue weighted by Crippen LogP contribution is -2.26. The molecular formula is C14H22N2O2. The molecule has 1 aromatic rings.